The first-order valence-electron chi connectivity index (χ1n) is 5.38. The lowest BCUT2D eigenvalue weighted by molar-refractivity contribution is 0.601. The first-order valence-corrected chi connectivity index (χ1v) is 5.38. The molecule has 1 aromatic heterocycles. The van der Waals surface area contributed by atoms with E-state index in [1.54, 1.807) is 23.9 Å². The molecule has 0 bridgehead atoms. The number of anilines is 1. The van der Waals surface area contributed by atoms with Gasteiger partial charge in [-0.25, -0.2) is 9.07 Å². The van der Waals surface area contributed by atoms with Crippen LogP contribution in [0.5, 0.6) is 0 Å². The smallest absolute Gasteiger partial charge is 0.294 e. The van der Waals surface area contributed by atoms with Crippen LogP contribution in [-0.4, -0.2) is 9.36 Å². The van der Waals surface area contributed by atoms with Crippen LogP contribution in [0, 0.1) is 5.82 Å². The molecule has 4 nitrogen and oxygen atoms in total. The number of nitrogens with zero attached hydrogens (tertiary/aromatic N) is 2. The van der Waals surface area contributed by atoms with Crippen molar-refractivity contribution in [2.24, 2.45) is 7.05 Å². The van der Waals surface area contributed by atoms with E-state index < -0.39 is 0 Å². The summed E-state index contributed by atoms with van der Waals surface area (Å²) < 4.78 is 16.2. The highest BCUT2D eigenvalue weighted by Gasteiger charge is 2.14. The summed E-state index contributed by atoms with van der Waals surface area (Å²) >= 11 is 0. The van der Waals surface area contributed by atoms with Crippen LogP contribution in [0.4, 0.5) is 10.1 Å². The summed E-state index contributed by atoms with van der Waals surface area (Å²) in [5, 5.41) is 0. The zero-order chi connectivity index (χ0) is 12.6. The molecule has 0 aliphatic rings. The summed E-state index contributed by atoms with van der Waals surface area (Å²) in [6, 6.07) is 5.87. The van der Waals surface area contributed by atoms with Crippen molar-refractivity contribution in [2.75, 3.05) is 5.73 Å². The average Bonchev–Trinajstić information content (AvgIpc) is 2.50. The summed E-state index contributed by atoms with van der Waals surface area (Å²) in [5.41, 5.74) is 6.88. The SMILES string of the molecule is CCc1c(N)c(=O)n(-c2cccc(F)c2)n1C. The molecule has 0 aliphatic heterocycles. The molecule has 0 saturated carbocycles. The normalized spacial score (nSPS) is 10.8. The number of hydrogen-bond donors (Lipinski definition) is 1. The number of nitrogens with two attached hydrogens (primary N) is 1. The second-order valence-electron chi connectivity index (χ2n) is 3.83. The molecule has 5 heteroatoms. The van der Waals surface area contributed by atoms with E-state index in [4.69, 9.17) is 5.73 Å². The summed E-state index contributed by atoms with van der Waals surface area (Å²) in [5.74, 6) is -0.382. The Bertz CT molecular complexity index is 613. The average molecular weight is 235 g/mol. The highest BCUT2D eigenvalue weighted by atomic mass is 19.1. The van der Waals surface area contributed by atoms with Crippen molar-refractivity contribution in [3.05, 3.63) is 46.1 Å². The van der Waals surface area contributed by atoms with Crippen LogP contribution in [0.25, 0.3) is 5.69 Å². The summed E-state index contributed by atoms with van der Waals surface area (Å²) in [7, 11) is 1.74. The van der Waals surface area contributed by atoms with Crippen molar-refractivity contribution in [3.8, 4) is 5.69 Å². The second-order valence-corrected chi connectivity index (χ2v) is 3.83. The maximum absolute atomic E-state index is 13.1. The van der Waals surface area contributed by atoms with Crippen LogP contribution in [0.1, 0.15) is 12.6 Å². The summed E-state index contributed by atoms with van der Waals surface area (Å²) in [4.78, 5) is 12.0. The minimum Gasteiger partial charge on any atom is -0.393 e. The minimum atomic E-state index is -0.382. The van der Waals surface area contributed by atoms with Gasteiger partial charge in [-0.2, -0.15) is 0 Å². The molecule has 17 heavy (non-hydrogen) atoms. The Labute approximate surface area is 98.1 Å². The number of nitrogen functional groups attached to an aromatic ring is 1. The molecule has 1 heterocycles. The van der Waals surface area contributed by atoms with Gasteiger partial charge in [0.1, 0.15) is 11.5 Å². The molecular weight excluding hydrogens is 221 g/mol. The van der Waals surface area contributed by atoms with E-state index >= 15 is 0 Å². The molecule has 0 aliphatic carbocycles. The lowest BCUT2D eigenvalue weighted by Crippen LogP contribution is -2.20. The van der Waals surface area contributed by atoms with E-state index in [0.717, 1.165) is 5.69 Å². The Hall–Kier alpha value is -2.04. The van der Waals surface area contributed by atoms with Gasteiger partial charge in [0.15, 0.2) is 0 Å². The fourth-order valence-corrected chi connectivity index (χ4v) is 1.99. The predicted octanol–water partition coefficient (Wildman–Crippen LogP) is 1.46. The van der Waals surface area contributed by atoms with Crippen molar-refractivity contribution in [1.82, 2.24) is 9.36 Å². The van der Waals surface area contributed by atoms with Crippen molar-refractivity contribution in [1.29, 1.82) is 0 Å². The van der Waals surface area contributed by atoms with Gasteiger partial charge in [0.2, 0.25) is 0 Å². The molecule has 1 aromatic carbocycles. The van der Waals surface area contributed by atoms with E-state index in [1.165, 1.54) is 16.8 Å². The van der Waals surface area contributed by atoms with Gasteiger partial charge in [-0.15, -0.1) is 0 Å². The zero-order valence-corrected chi connectivity index (χ0v) is 9.77. The summed E-state index contributed by atoms with van der Waals surface area (Å²) in [6.45, 7) is 1.92. The fraction of sp³-hybridized carbons (Fsp3) is 0.250. The molecule has 2 rings (SSSR count). The van der Waals surface area contributed by atoms with Crippen LogP contribution in [0.3, 0.4) is 0 Å². The monoisotopic (exact) mass is 235 g/mol. The van der Waals surface area contributed by atoms with E-state index in [-0.39, 0.29) is 17.1 Å². The van der Waals surface area contributed by atoms with Crippen LogP contribution in [0.15, 0.2) is 29.1 Å². The first kappa shape index (κ1) is 11.4. The van der Waals surface area contributed by atoms with Crippen molar-refractivity contribution in [3.63, 3.8) is 0 Å². The van der Waals surface area contributed by atoms with Crippen LogP contribution >= 0.6 is 0 Å². The lowest BCUT2D eigenvalue weighted by atomic mass is 10.3. The fourth-order valence-electron chi connectivity index (χ4n) is 1.99. The Morgan fingerprint density at radius 2 is 2.12 bits per heavy atom. The van der Waals surface area contributed by atoms with Gasteiger partial charge < -0.3 is 5.73 Å². The lowest BCUT2D eigenvalue weighted by Gasteiger charge is -2.08. The van der Waals surface area contributed by atoms with Crippen molar-refractivity contribution < 1.29 is 4.39 Å². The predicted molar refractivity (Wildman–Crippen MR) is 64.8 cm³/mol. The van der Waals surface area contributed by atoms with Gasteiger partial charge in [0.25, 0.3) is 5.56 Å². The third-order valence-corrected chi connectivity index (χ3v) is 2.81. The highest BCUT2D eigenvalue weighted by molar-refractivity contribution is 5.45. The Morgan fingerprint density at radius 1 is 1.41 bits per heavy atom. The molecule has 0 radical (unpaired) electrons. The largest absolute Gasteiger partial charge is 0.393 e. The molecular formula is C12H14FN3O. The molecule has 90 valence electrons. The minimum absolute atomic E-state index is 0.222. The van der Waals surface area contributed by atoms with Gasteiger partial charge in [0.05, 0.1) is 11.4 Å². The van der Waals surface area contributed by atoms with Crippen LogP contribution in [0.2, 0.25) is 0 Å². The molecule has 0 atom stereocenters. The molecule has 0 unspecified atom stereocenters. The van der Waals surface area contributed by atoms with Crippen LogP contribution < -0.4 is 11.3 Å². The molecule has 0 spiro atoms. The number of halogens is 1. The standard InChI is InChI=1S/C12H14FN3O/c1-3-10-11(14)12(17)16(15(10)2)9-6-4-5-8(13)7-9/h4-7H,3,14H2,1-2H3. The zero-order valence-electron chi connectivity index (χ0n) is 9.77. The van der Waals surface area contributed by atoms with Gasteiger partial charge >= 0.3 is 0 Å². The van der Waals surface area contributed by atoms with Crippen LogP contribution in [-0.2, 0) is 13.5 Å². The Morgan fingerprint density at radius 3 is 2.65 bits per heavy atom. The number of rotatable bonds is 2. The molecule has 2 N–H and O–H groups in total. The maximum atomic E-state index is 13.1. The third kappa shape index (κ3) is 1.73. The van der Waals surface area contributed by atoms with E-state index in [0.29, 0.717) is 12.1 Å². The van der Waals surface area contributed by atoms with E-state index in [1.807, 2.05) is 6.92 Å². The summed E-state index contributed by atoms with van der Waals surface area (Å²) in [6.07, 6.45) is 0.653. The van der Waals surface area contributed by atoms with Crippen molar-refractivity contribution >= 4 is 5.69 Å². The van der Waals surface area contributed by atoms with Gasteiger partial charge in [-0.3, -0.25) is 9.48 Å². The number of aromatic nitrogens is 2. The number of benzene rings is 1. The highest BCUT2D eigenvalue weighted by Crippen LogP contribution is 2.13. The van der Waals surface area contributed by atoms with E-state index in [9.17, 15) is 9.18 Å². The number of hydrogen-bond acceptors (Lipinski definition) is 2. The van der Waals surface area contributed by atoms with E-state index in [2.05, 4.69) is 0 Å². The quantitative estimate of drug-likeness (QED) is 0.856. The molecule has 2 aromatic rings. The second kappa shape index (κ2) is 4.08. The third-order valence-electron chi connectivity index (χ3n) is 2.81. The van der Waals surface area contributed by atoms with Gasteiger partial charge in [-0.1, -0.05) is 13.0 Å². The van der Waals surface area contributed by atoms with Gasteiger partial charge in [0, 0.05) is 7.05 Å². The van der Waals surface area contributed by atoms with Crippen molar-refractivity contribution in [2.45, 2.75) is 13.3 Å². The maximum Gasteiger partial charge on any atom is 0.294 e. The molecule has 0 amide bonds. The van der Waals surface area contributed by atoms with Gasteiger partial charge in [-0.05, 0) is 24.6 Å². The molecule has 0 fully saturated rings. The topological polar surface area (TPSA) is 53.0 Å². The first-order chi connectivity index (χ1) is 8.06. The Kier molecular flexibility index (Phi) is 2.75. The molecule has 0 saturated heterocycles. The Balaban J connectivity index is 2.72.